The Bertz CT molecular complexity index is 955. The average molecular weight is 382 g/mol. The van der Waals surface area contributed by atoms with Gasteiger partial charge in [0.05, 0.1) is 11.1 Å². The Labute approximate surface area is 160 Å². The van der Waals surface area contributed by atoms with Crippen molar-refractivity contribution in [2.24, 2.45) is 5.10 Å². The maximum absolute atomic E-state index is 11.3. The van der Waals surface area contributed by atoms with E-state index in [0.717, 1.165) is 5.75 Å². The van der Waals surface area contributed by atoms with E-state index in [9.17, 15) is 10.1 Å². The van der Waals surface area contributed by atoms with E-state index in [4.69, 9.17) is 0 Å². The first-order valence-corrected chi connectivity index (χ1v) is 9.10. The normalized spacial score (nSPS) is 11.0. The van der Waals surface area contributed by atoms with Gasteiger partial charge in [-0.3, -0.25) is 10.1 Å². The van der Waals surface area contributed by atoms with Gasteiger partial charge in [-0.05, 0) is 11.6 Å². The molecule has 0 saturated carbocycles. The van der Waals surface area contributed by atoms with Gasteiger partial charge in [-0.1, -0.05) is 48.2 Å². The molecule has 0 aliphatic carbocycles. The Morgan fingerprint density at radius 1 is 1.26 bits per heavy atom. The minimum atomic E-state index is -0.396. The Balaban J connectivity index is 1.76. The standard InChI is InChI=1S/C18H18N6O2S/c1-22(2)16-9-8-15(10-17(16)24(25)26)11-20-23-13-19-21-18(23)27-12-14-6-4-3-5-7-14/h3-11,13H,12H2,1-2H3/b20-11-. The summed E-state index contributed by atoms with van der Waals surface area (Å²) < 4.78 is 1.55. The molecule has 138 valence electrons. The van der Waals surface area contributed by atoms with Crippen molar-refractivity contribution in [1.29, 1.82) is 0 Å². The van der Waals surface area contributed by atoms with E-state index in [1.165, 1.54) is 29.7 Å². The van der Waals surface area contributed by atoms with Gasteiger partial charge in [0.2, 0.25) is 5.16 Å². The van der Waals surface area contributed by atoms with Crippen LogP contribution < -0.4 is 4.90 Å². The summed E-state index contributed by atoms with van der Waals surface area (Å²) in [6, 6.07) is 15.0. The summed E-state index contributed by atoms with van der Waals surface area (Å²) >= 11 is 1.52. The number of rotatable bonds is 7. The second kappa shape index (κ2) is 8.45. The molecule has 3 aromatic rings. The Morgan fingerprint density at radius 3 is 2.74 bits per heavy atom. The molecule has 0 bridgehead atoms. The topological polar surface area (TPSA) is 89.5 Å². The number of benzene rings is 2. The third-order valence-electron chi connectivity index (χ3n) is 3.72. The van der Waals surface area contributed by atoms with Crippen LogP contribution in [-0.4, -0.2) is 40.1 Å². The van der Waals surface area contributed by atoms with Crippen LogP contribution in [0, 0.1) is 10.1 Å². The van der Waals surface area contributed by atoms with Crippen molar-refractivity contribution in [1.82, 2.24) is 14.9 Å². The van der Waals surface area contributed by atoms with Gasteiger partial charge >= 0.3 is 0 Å². The number of nitrogens with zero attached hydrogens (tertiary/aromatic N) is 6. The van der Waals surface area contributed by atoms with Crippen LogP contribution in [0.4, 0.5) is 11.4 Å². The maximum Gasteiger partial charge on any atom is 0.293 e. The Morgan fingerprint density at radius 2 is 2.04 bits per heavy atom. The van der Waals surface area contributed by atoms with E-state index in [-0.39, 0.29) is 5.69 Å². The monoisotopic (exact) mass is 382 g/mol. The van der Waals surface area contributed by atoms with Crippen molar-refractivity contribution < 1.29 is 4.92 Å². The predicted octanol–water partition coefficient (Wildman–Crippen LogP) is 3.43. The lowest BCUT2D eigenvalue weighted by Crippen LogP contribution is -2.11. The molecule has 0 unspecified atom stereocenters. The fourth-order valence-corrected chi connectivity index (χ4v) is 3.21. The van der Waals surface area contributed by atoms with Gasteiger partial charge in [0.15, 0.2) is 0 Å². The zero-order chi connectivity index (χ0) is 19.2. The number of nitro groups is 1. The molecule has 1 heterocycles. The van der Waals surface area contributed by atoms with Gasteiger partial charge in [0.1, 0.15) is 12.0 Å². The second-order valence-electron chi connectivity index (χ2n) is 5.88. The van der Waals surface area contributed by atoms with Crippen LogP contribution in [0.2, 0.25) is 0 Å². The highest BCUT2D eigenvalue weighted by molar-refractivity contribution is 7.98. The van der Waals surface area contributed by atoms with Crippen molar-refractivity contribution in [3.8, 4) is 0 Å². The summed E-state index contributed by atoms with van der Waals surface area (Å²) in [4.78, 5) is 12.6. The third kappa shape index (κ3) is 4.70. The van der Waals surface area contributed by atoms with Crippen LogP contribution in [0.5, 0.6) is 0 Å². The van der Waals surface area contributed by atoms with Crippen molar-refractivity contribution in [3.63, 3.8) is 0 Å². The molecular formula is C18H18N6O2S. The van der Waals surface area contributed by atoms with Crippen LogP contribution in [0.1, 0.15) is 11.1 Å². The van der Waals surface area contributed by atoms with Crippen molar-refractivity contribution in [2.75, 3.05) is 19.0 Å². The first kappa shape index (κ1) is 18.6. The number of hydrogen-bond donors (Lipinski definition) is 0. The maximum atomic E-state index is 11.3. The number of thioether (sulfide) groups is 1. The Hall–Kier alpha value is -3.20. The van der Waals surface area contributed by atoms with Gasteiger partial charge in [-0.25, -0.2) is 0 Å². The highest BCUT2D eigenvalue weighted by Gasteiger charge is 2.15. The molecule has 0 aliphatic rings. The Kier molecular flexibility index (Phi) is 5.82. The van der Waals surface area contributed by atoms with E-state index in [2.05, 4.69) is 15.3 Å². The summed E-state index contributed by atoms with van der Waals surface area (Å²) in [5.74, 6) is 0.748. The number of nitro benzene ring substituents is 1. The highest BCUT2D eigenvalue weighted by atomic mass is 32.2. The smallest absolute Gasteiger partial charge is 0.293 e. The molecule has 3 rings (SSSR count). The molecule has 0 N–H and O–H groups in total. The SMILES string of the molecule is CN(C)c1ccc(/C=N\n2cnnc2SCc2ccccc2)cc1[N+](=O)[O-]. The summed E-state index contributed by atoms with van der Waals surface area (Å²) in [6.45, 7) is 0. The average Bonchev–Trinajstić information content (AvgIpc) is 3.12. The van der Waals surface area contributed by atoms with Gasteiger partial charge in [-0.2, -0.15) is 9.78 Å². The van der Waals surface area contributed by atoms with E-state index >= 15 is 0 Å². The van der Waals surface area contributed by atoms with Crippen LogP contribution in [0.15, 0.2) is 65.1 Å². The second-order valence-corrected chi connectivity index (χ2v) is 6.82. The van der Waals surface area contributed by atoms with Crippen molar-refractivity contribution in [3.05, 3.63) is 76.1 Å². The van der Waals surface area contributed by atoms with Crippen LogP contribution >= 0.6 is 11.8 Å². The molecule has 2 aromatic carbocycles. The summed E-state index contributed by atoms with van der Waals surface area (Å²) in [7, 11) is 3.53. The molecule has 0 aliphatic heterocycles. The fraction of sp³-hybridized carbons (Fsp3) is 0.167. The summed E-state index contributed by atoms with van der Waals surface area (Å²) in [5, 5.41) is 24.2. The lowest BCUT2D eigenvalue weighted by molar-refractivity contribution is -0.384. The van der Waals surface area contributed by atoms with Gasteiger partial charge in [-0.15, -0.1) is 10.2 Å². The predicted molar refractivity (Wildman–Crippen MR) is 106 cm³/mol. The van der Waals surface area contributed by atoms with Crippen LogP contribution in [-0.2, 0) is 5.75 Å². The lowest BCUT2D eigenvalue weighted by atomic mass is 10.2. The molecule has 0 amide bonds. The van der Waals surface area contributed by atoms with Crippen molar-refractivity contribution in [2.45, 2.75) is 10.9 Å². The van der Waals surface area contributed by atoms with Gasteiger partial charge in [0.25, 0.3) is 5.69 Å². The minimum absolute atomic E-state index is 0.0337. The largest absolute Gasteiger partial charge is 0.372 e. The molecule has 0 saturated heterocycles. The fourth-order valence-electron chi connectivity index (χ4n) is 2.39. The van der Waals surface area contributed by atoms with E-state index in [1.807, 2.05) is 30.3 Å². The number of hydrogen-bond acceptors (Lipinski definition) is 7. The van der Waals surface area contributed by atoms with Crippen molar-refractivity contribution >= 4 is 29.4 Å². The number of aromatic nitrogens is 3. The summed E-state index contributed by atoms with van der Waals surface area (Å²) in [5.41, 5.74) is 2.38. The lowest BCUT2D eigenvalue weighted by Gasteiger charge is -2.12. The highest BCUT2D eigenvalue weighted by Crippen LogP contribution is 2.27. The molecule has 0 radical (unpaired) electrons. The summed E-state index contributed by atoms with van der Waals surface area (Å²) in [6.07, 6.45) is 3.06. The van der Waals surface area contributed by atoms with Crippen LogP contribution in [0.3, 0.4) is 0 Å². The van der Waals surface area contributed by atoms with E-state index in [1.54, 1.807) is 42.0 Å². The molecule has 0 atom stereocenters. The van der Waals surface area contributed by atoms with Gasteiger partial charge < -0.3 is 4.90 Å². The third-order valence-corrected chi connectivity index (χ3v) is 4.72. The minimum Gasteiger partial charge on any atom is -0.372 e. The first-order valence-electron chi connectivity index (χ1n) is 8.11. The zero-order valence-corrected chi connectivity index (χ0v) is 15.7. The molecule has 0 spiro atoms. The zero-order valence-electron chi connectivity index (χ0n) is 14.9. The molecule has 1 aromatic heterocycles. The molecular weight excluding hydrogens is 364 g/mol. The molecule has 8 nitrogen and oxygen atoms in total. The quantitative estimate of drug-likeness (QED) is 0.269. The van der Waals surface area contributed by atoms with Gasteiger partial charge in [0, 0.05) is 31.5 Å². The van der Waals surface area contributed by atoms with Crippen LogP contribution in [0.25, 0.3) is 0 Å². The molecule has 27 heavy (non-hydrogen) atoms. The molecule has 0 fully saturated rings. The number of anilines is 1. The molecule has 9 heteroatoms. The first-order chi connectivity index (χ1) is 13.0. The van der Waals surface area contributed by atoms with E-state index < -0.39 is 4.92 Å². The van der Waals surface area contributed by atoms with E-state index in [0.29, 0.717) is 16.4 Å².